The molecule has 4 rings (SSSR count). The minimum atomic E-state index is 0.108. The number of nitrogens with one attached hydrogen (secondary N) is 1. The number of ether oxygens (including phenoxy) is 1. The van der Waals surface area contributed by atoms with E-state index in [1.54, 1.807) is 0 Å². The Labute approximate surface area is 137 Å². The number of H-pyrrole nitrogens is 1. The summed E-state index contributed by atoms with van der Waals surface area (Å²) < 4.78 is 5.72. The van der Waals surface area contributed by atoms with Gasteiger partial charge in [-0.3, -0.25) is 4.79 Å². The molecule has 0 bridgehead atoms. The topological polar surface area (TPSA) is 58.2 Å². The summed E-state index contributed by atoms with van der Waals surface area (Å²) in [6.45, 7) is 7.48. The highest BCUT2D eigenvalue weighted by Crippen LogP contribution is 2.47. The van der Waals surface area contributed by atoms with Crippen molar-refractivity contribution in [2.24, 2.45) is 11.3 Å². The molecule has 126 valence electrons. The van der Waals surface area contributed by atoms with Crippen molar-refractivity contribution >= 4 is 5.91 Å². The zero-order valence-electron chi connectivity index (χ0n) is 14.2. The van der Waals surface area contributed by atoms with Gasteiger partial charge < -0.3 is 14.6 Å². The van der Waals surface area contributed by atoms with E-state index >= 15 is 0 Å². The van der Waals surface area contributed by atoms with Crippen molar-refractivity contribution in [3.05, 3.63) is 17.2 Å². The van der Waals surface area contributed by atoms with Crippen LogP contribution in [0.5, 0.6) is 0 Å². The lowest BCUT2D eigenvalue weighted by molar-refractivity contribution is -0.136. The van der Waals surface area contributed by atoms with Gasteiger partial charge in [-0.25, -0.2) is 4.98 Å². The summed E-state index contributed by atoms with van der Waals surface area (Å²) in [6.07, 6.45) is 5.09. The van der Waals surface area contributed by atoms with Gasteiger partial charge in [0.2, 0.25) is 5.91 Å². The average molecular weight is 317 g/mol. The molecule has 5 heteroatoms. The summed E-state index contributed by atoms with van der Waals surface area (Å²) in [7, 11) is 0. The molecule has 5 nitrogen and oxygen atoms in total. The van der Waals surface area contributed by atoms with Crippen molar-refractivity contribution < 1.29 is 9.53 Å². The number of hydrogen-bond donors (Lipinski definition) is 1. The summed E-state index contributed by atoms with van der Waals surface area (Å²) in [6, 6.07) is 0. The van der Waals surface area contributed by atoms with Gasteiger partial charge in [0.1, 0.15) is 5.82 Å². The van der Waals surface area contributed by atoms with Crippen LogP contribution in [0.25, 0.3) is 0 Å². The lowest BCUT2D eigenvalue weighted by atomic mass is 9.88. The third-order valence-corrected chi connectivity index (χ3v) is 5.67. The van der Waals surface area contributed by atoms with Crippen LogP contribution in [0.4, 0.5) is 0 Å². The van der Waals surface area contributed by atoms with Crippen molar-refractivity contribution in [2.45, 2.75) is 51.9 Å². The Morgan fingerprint density at radius 3 is 3.00 bits per heavy atom. The molecule has 1 saturated heterocycles. The molecule has 1 aromatic heterocycles. The van der Waals surface area contributed by atoms with E-state index < -0.39 is 0 Å². The molecule has 3 aliphatic rings. The average Bonchev–Trinajstić information content (AvgIpc) is 3.22. The molecule has 1 saturated carbocycles. The van der Waals surface area contributed by atoms with Gasteiger partial charge in [0, 0.05) is 42.5 Å². The van der Waals surface area contributed by atoms with E-state index in [0.29, 0.717) is 18.4 Å². The van der Waals surface area contributed by atoms with Gasteiger partial charge in [0.15, 0.2) is 0 Å². The highest BCUT2D eigenvalue weighted by Gasteiger charge is 2.47. The fraction of sp³-hybridized carbons (Fsp3) is 0.778. The minimum absolute atomic E-state index is 0.108. The molecule has 1 unspecified atom stereocenters. The lowest BCUT2D eigenvalue weighted by Crippen LogP contribution is -2.42. The Balaban J connectivity index is 1.46. The number of carbonyl (C=O) groups excluding carboxylic acids is 1. The van der Waals surface area contributed by atoms with Crippen LogP contribution in [0.2, 0.25) is 0 Å². The van der Waals surface area contributed by atoms with Crippen LogP contribution >= 0.6 is 0 Å². The van der Waals surface area contributed by atoms with Crippen LogP contribution in [0.1, 0.15) is 56.2 Å². The number of hydrogen-bond acceptors (Lipinski definition) is 3. The highest BCUT2D eigenvalue weighted by atomic mass is 16.5. The van der Waals surface area contributed by atoms with Crippen LogP contribution in [-0.2, 0) is 22.4 Å². The van der Waals surface area contributed by atoms with E-state index in [9.17, 15) is 4.79 Å². The van der Waals surface area contributed by atoms with E-state index in [0.717, 1.165) is 44.8 Å². The van der Waals surface area contributed by atoms with Crippen molar-refractivity contribution in [3.8, 4) is 0 Å². The Kier molecular flexibility index (Phi) is 3.71. The number of nitrogens with zero attached hydrogens (tertiary/aromatic N) is 2. The third-order valence-electron chi connectivity index (χ3n) is 5.67. The van der Waals surface area contributed by atoms with E-state index in [1.165, 1.54) is 24.2 Å². The number of rotatable bonds is 2. The molecule has 1 atom stereocenters. The minimum Gasteiger partial charge on any atom is -0.379 e. The fourth-order valence-corrected chi connectivity index (χ4v) is 3.91. The maximum Gasteiger partial charge on any atom is 0.226 e. The third kappa shape index (κ3) is 2.91. The first-order chi connectivity index (χ1) is 11.1. The first-order valence-electron chi connectivity index (χ1n) is 9.00. The van der Waals surface area contributed by atoms with E-state index in [4.69, 9.17) is 9.72 Å². The second kappa shape index (κ2) is 5.62. The van der Waals surface area contributed by atoms with E-state index in [-0.39, 0.29) is 11.3 Å². The zero-order valence-corrected chi connectivity index (χ0v) is 14.2. The first-order valence-corrected chi connectivity index (χ1v) is 9.00. The Bertz CT molecular complexity index is 603. The molecule has 1 aromatic rings. The SMILES string of the molecule is CC(C)c1nc2c([nH]1)CC(C(=O)N1CCOCC3(CC3)C1)CC2. The van der Waals surface area contributed by atoms with Crippen LogP contribution in [0.15, 0.2) is 0 Å². The Morgan fingerprint density at radius 2 is 2.26 bits per heavy atom. The molecule has 2 fully saturated rings. The second-order valence-corrected chi connectivity index (χ2v) is 7.95. The van der Waals surface area contributed by atoms with Crippen LogP contribution in [0.3, 0.4) is 0 Å². The number of aryl methyl sites for hydroxylation is 1. The predicted octanol–water partition coefficient (Wildman–Crippen LogP) is 2.28. The molecule has 2 aliphatic carbocycles. The number of fused-ring (bicyclic) bond motifs is 1. The van der Waals surface area contributed by atoms with E-state index in [1.807, 2.05) is 0 Å². The van der Waals surface area contributed by atoms with Gasteiger partial charge in [-0.1, -0.05) is 13.8 Å². The monoisotopic (exact) mass is 317 g/mol. The molecule has 1 amide bonds. The summed E-state index contributed by atoms with van der Waals surface area (Å²) in [5.41, 5.74) is 2.64. The zero-order chi connectivity index (χ0) is 16.0. The maximum atomic E-state index is 13.0. The van der Waals surface area contributed by atoms with Crippen LogP contribution in [-0.4, -0.2) is 47.1 Å². The first kappa shape index (κ1) is 15.2. The van der Waals surface area contributed by atoms with Gasteiger partial charge >= 0.3 is 0 Å². The summed E-state index contributed by atoms with van der Waals surface area (Å²) in [4.78, 5) is 23.2. The molecule has 1 spiro atoms. The molecule has 0 radical (unpaired) electrons. The molecular formula is C18H27N3O2. The quantitative estimate of drug-likeness (QED) is 0.910. The smallest absolute Gasteiger partial charge is 0.226 e. The number of aromatic amines is 1. The van der Waals surface area contributed by atoms with Crippen LogP contribution in [0, 0.1) is 11.3 Å². The van der Waals surface area contributed by atoms with Crippen molar-refractivity contribution in [1.29, 1.82) is 0 Å². The molecular weight excluding hydrogens is 290 g/mol. The lowest BCUT2D eigenvalue weighted by Gasteiger charge is -2.29. The molecule has 1 aliphatic heterocycles. The predicted molar refractivity (Wildman–Crippen MR) is 87.3 cm³/mol. The molecule has 0 aromatic carbocycles. The van der Waals surface area contributed by atoms with Gasteiger partial charge in [-0.15, -0.1) is 0 Å². The second-order valence-electron chi connectivity index (χ2n) is 7.95. The van der Waals surface area contributed by atoms with Gasteiger partial charge in [-0.2, -0.15) is 0 Å². The van der Waals surface area contributed by atoms with Crippen LogP contribution < -0.4 is 0 Å². The maximum absolute atomic E-state index is 13.0. The molecule has 1 N–H and O–H groups in total. The van der Waals surface area contributed by atoms with Crippen molar-refractivity contribution in [2.75, 3.05) is 26.3 Å². The number of amides is 1. The number of imidazole rings is 1. The number of aromatic nitrogens is 2. The molecule has 2 heterocycles. The summed E-state index contributed by atoms with van der Waals surface area (Å²) >= 11 is 0. The van der Waals surface area contributed by atoms with Gasteiger partial charge in [0.25, 0.3) is 0 Å². The summed E-state index contributed by atoms with van der Waals surface area (Å²) in [5.74, 6) is 1.90. The normalized spacial score (nSPS) is 26.2. The number of carbonyl (C=O) groups is 1. The summed E-state index contributed by atoms with van der Waals surface area (Å²) in [5, 5.41) is 0. The molecule has 23 heavy (non-hydrogen) atoms. The Morgan fingerprint density at radius 1 is 1.43 bits per heavy atom. The Hall–Kier alpha value is -1.36. The largest absolute Gasteiger partial charge is 0.379 e. The van der Waals surface area contributed by atoms with Crippen molar-refractivity contribution in [1.82, 2.24) is 14.9 Å². The van der Waals surface area contributed by atoms with Crippen molar-refractivity contribution in [3.63, 3.8) is 0 Å². The fourth-order valence-electron chi connectivity index (χ4n) is 3.91. The van der Waals surface area contributed by atoms with Gasteiger partial charge in [0.05, 0.1) is 18.9 Å². The van der Waals surface area contributed by atoms with E-state index in [2.05, 4.69) is 23.7 Å². The highest BCUT2D eigenvalue weighted by molar-refractivity contribution is 5.79. The van der Waals surface area contributed by atoms with Gasteiger partial charge in [-0.05, 0) is 25.7 Å². The standard InChI is InChI=1S/C18H27N3O2/c1-12(2)16-19-14-4-3-13(9-15(14)20-16)17(22)21-7-8-23-11-18(10-21)5-6-18/h12-13H,3-11H2,1-2H3,(H,19,20).